The molecule has 0 bridgehead atoms. The van der Waals surface area contributed by atoms with Gasteiger partial charge in [-0.3, -0.25) is 0 Å². The zero-order chi connectivity index (χ0) is 9.10. The highest BCUT2D eigenvalue weighted by molar-refractivity contribution is 9.10. The summed E-state index contributed by atoms with van der Waals surface area (Å²) in [6.07, 6.45) is 4.06. The molecule has 1 aromatic rings. The van der Waals surface area contributed by atoms with Gasteiger partial charge in [-0.2, -0.15) is 0 Å². The van der Waals surface area contributed by atoms with E-state index in [1.54, 1.807) is 0 Å². The maximum Gasteiger partial charge on any atom is 0.0510 e. The van der Waals surface area contributed by atoms with Crippen molar-refractivity contribution in [1.29, 1.82) is 0 Å². The molecule has 2 rings (SSSR count). The Morgan fingerprint density at radius 3 is 2.29 bits per heavy atom. The molecule has 0 spiro atoms. The Morgan fingerprint density at radius 1 is 1.00 bits per heavy atom. The Labute approximate surface area is 100 Å². The van der Waals surface area contributed by atoms with Crippen molar-refractivity contribution in [3.63, 3.8) is 0 Å². The SMILES string of the molecule is Brc1ccccc1N1CCCCC1.Cl. The highest BCUT2D eigenvalue weighted by Crippen LogP contribution is 2.27. The molecule has 0 amide bonds. The second-order valence-corrected chi connectivity index (χ2v) is 4.35. The molecule has 0 aromatic heterocycles. The van der Waals surface area contributed by atoms with Crippen molar-refractivity contribution in [2.24, 2.45) is 0 Å². The van der Waals surface area contributed by atoms with Crippen LogP contribution in [0.3, 0.4) is 0 Å². The number of nitrogens with zero attached hydrogens (tertiary/aromatic N) is 1. The summed E-state index contributed by atoms with van der Waals surface area (Å²) in [5, 5.41) is 0. The number of hydrogen-bond acceptors (Lipinski definition) is 1. The second kappa shape index (κ2) is 5.62. The van der Waals surface area contributed by atoms with Crippen LogP contribution in [-0.2, 0) is 0 Å². The normalized spacial score (nSPS) is 16.2. The fourth-order valence-corrected chi connectivity index (χ4v) is 2.38. The minimum atomic E-state index is 0. The molecule has 14 heavy (non-hydrogen) atoms. The number of piperidine rings is 1. The number of para-hydroxylation sites is 1. The minimum absolute atomic E-state index is 0. The van der Waals surface area contributed by atoms with Crippen molar-refractivity contribution in [3.8, 4) is 0 Å². The molecule has 0 saturated carbocycles. The van der Waals surface area contributed by atoms with Gasteiger partial charge in [-0.1, -0.05) is 12.1 Å². The van der Waals surface area contributed by atoms with E-state index in [1.807, 2.05) is 0 Å². The van der Waals surface area contributed by atoms with E-state index < -0.39 is 0 Å². The van der Waals surface area contributed by atoms with E-state index >= 15 is 0 Å². The molecule has 1 nitrogen and oxygen atoms in total. The van der Waals surface area contributed by atoms with Gasteiger partial charge in [0.15, 0.2) is 0 Å². The van der Waals surface area contributed by atoms with Crippen molar-refractivity contribution in [2.75, 3.05) is 18.0 Å². The van der Waals surface area contributed by atoms with Gasteiger partial charge in [0.25, 0.3) is 0 Å². The van der Waals surface area contributed by atoms with Gasteiger partial charge in [0.1, 0.15) is 0 Å². The second-order valence-electron chi connectivity index (χ2n) is 3.50. The maximum atomic E-state index is 3.59. The predicted octanol–water partition coefficient (Wildman–Crippen LogP) is 3.86. The zero-order valence-electron chi connectivity index (χ0n) is 8.08. The third-order valence-corrected chi connectivity index (χ3v) is 3.22. The summed E-state index contributed by atoms with van der Waals surface area (Å²) < 4.78 is 1.22. The summed E-state index contributed by atoms with van der Waals surface area (Å²) >= 11 is 3.59. The van der Waals surface area contributed by atoms with E-state index in [9.17, 15) is 0 Å². The van der Waals surface area contributed by atoms with E-state index in [0.29, 0.717) is 0 Å². The van der Waals surface area contributed by atoms with Crippen LogP contribution in [0.5, 0.6) is 0 Å². The number of hydrogen-bond donors (Lipinski definition) is 0. The van der Waals surface area contributed by atoms with Gasteiger partial charge in [-0.25, -0.2) is 0 Å². The molecule has 1 aliphatic heterocycles. The van der Waals surface area contributed by atoms with Crippen LogP contribution in [0.1, 0.15) is 19.3 Å². The van der Waals surface area contributed by atoms with Crippen LogP contribution in [0.4, 0.5) is 5.69 Å². The molecule has 1 aromatic carbocycles. The van der Waals surface area contributed by atoms with Gasteiger partial charge < -0.3 is 4.90 Å². The number of rotatable bonds is 1. The van der Waals surface area contributed by atoms with Crippen LogP contribution in [0.25, 0.3) is 0 Å². The molecule has 3 heteroatoms. The first-order valence-corrected chi connectivity index (χ1v) is 5.67. The van der Waals surface area contributed by atoms with E-state index in [4.69, 9.17) is 0 Å². The molecule has 1 heterocycles. The van der Waals surface area contributed by atoms with E-state index in [0.717, 1.165) is 0 Å². The van der Waals surface area contributed by atoms with Crippen LogP contribution >= 0.6 is 28.3 Å². The Bertz CT molecular complexity index is 284. The van der Waals surface area contributed by atoms with Crippen LogP contribution in [0.15, 0.2) is 28.7 Å². The average molecular weight is 277 g/mol. The average Bonchev–Trinajstić information content (AvgIpc) is 2.20. The topological polar surface area (TPSA) is 3.24 Å². The summed E-state index contributed by atoms with van der Waals surface area (Å²) in [7, 11) is 0. The monoisotopic (exact) mass is 275 g/mol. The Kier molecular flexibility index (Phi) is 4.76. The first-order valence-electron chi connectivity index (χ1n) is 4.87. The molecular weight excluding hydrogens is 261 g/mol. The maximum absolute atomic E-state index is 3.59. The summed E-state index contributed by atoms with van der Waals surface area (Å²) in [6, 6.07) is 8.48. The number of halogens is 2. The lowest BCUT2D eigenvalue weighted by atomic mass is 10.1. The van der Waals surface area contributed by atoms with Crippen molar-refractivity contribution >= 4 is 34.0 Å². The fourth-order valence-electron chi connectivity index (χ4n) is 1.84. The van der Waals surface area contributed by atoms with Crippen molar-refractivity contribution in [2.45, 2.75) is 19.3 Å². The van der Waals surface area contributed by atoms with E-state index in [-0.39, 0.29) is 12.4 Å². The van der Waals surface area contributed by atoms with Gasteiger partial charge in [0, 0.05) is 17.6 Å². The Hall–Kier alpha value is -0.210. The van der Waals surface area contributed by atoms with E-state index in [1.165, 1.54) is 42.5 Å². The summed E-state index contributed by atoms with van der Waals surface area (Å²) in [4.78, 5) is 2.47. The molecule has 0 unspecified atom stereocenters. The summed E-state index contributed by atoms with van der Waals surface area (Å²) in [5.74, 6) is 0. The molecule has 0 atom stereocenters. The Balaban J connectivity index is 0.000000980. The predicted molar refractivity (Wildman–Crippen MR) is 67.5 cm³/mol. The smallest absolute Gasteiger partial charge is 0.0510 e. The highest BCUT2D eigenvalue weighted by atomic mass is 79.9. The lowest BCUT2D eigenvalue weighted by Crippen LogP contribution is -2.29. The minimum Gasteiger partial charge on any atom is -0.371 e. The third-order valence-electron chi connectivity index (χ3n) is 2.55. The molecule has 78 valence electrons. The molecule has 0 radical (unpaired) electrons. The van der Waals surface area contributed by atoms with Crippen molar-refractivity contribution in [3.05, 3.63) is 28.7 Å². The molecule has 0 N–H and O–H groups in total. The standard InChI is InChI=1S/C11H14BrN.ClH/c12-10-6-2-3-7-11(10)13-8-4-1-5-9-13;/h2-3,6-7H,1,4-5,8-9H2;1H. The lowest BCUT2D eigenvalue weighted by Gasteiger charge is -2.29. The van der Waals surface area contributed by atoms with E-state index in [2.05, 4.69) is 45.1 Å². The van der Waals surface area contributed by atoms with Gasteiger partial charge in [0.05, 0.1) is 5.69 Å². The Morgan fingerprint density at radius 2 is 1.64 bits per heavy atom. The summed E-state index contributed by atoms with van der Waals surface area (Å²) in [5.41, 5.74) is 1.35. The number of benzene rings is 1. The highest BCUT2D eigenvalue weighted by Gasteiger charge is 2.12. The largest absolute Gasteiger partial charge is 0.371 e. The third kappa shape index (κ3) is 2.64. The van der Waals surface area contributed by atoms with Gasteiger partial charge in [-0.05, 0) is 47.3 Å². The van der Waals surface area contributed by atoms with Crippen LogP contribution in [-0.4, -0.2) is 13.1 Å². The number of anilines is 1. The molecule has 1 aliphatic rings. The summed E-state index contributed by atoms with van der Waals surface area (Å²) in [6.45, 7) is 2.42. The molecule has 1 saturated heterocycles. The van der Waals surface area contributed by atoms with Crippen molar-refractivity contribution in [1.82, 2.24) is 0 Å². The molecule has 1 fully saturated rings. The van der Waals surface area contributed by atoms with Crippen LogP contribution < -0.4 is 4.90 Å². The van der Waals surface area contributed by atoms with Crippen LogP contribution in [0.2, 0.25) is 0 Å². The van der Waals surface area contributed by atoms with Gasteiger partial charge in [0.2, 0.25) is 0 Å². The molecular formula is C11H15BrClN. The first-order chi connectivity index (χ1) is 6.38. The van der Waals surface area contributed by atoms with Gasteiger partial charge >= 0.3 is 0 Å². The lowest BCUT2D eigenvalue weighted by molar-refractivity contribution is 0.577. The van der Waals surface area contributed by atoms with Crippen LogP contribution in [0, 0.1) is 0 Å². The van der Waals surface area contributed by atoms with Gasteiger partial charge in [-0.15, -0.1) is 12.4 Å². The van der Waals surface area contributed by atoms with Crippen molar-refractivity contribution < 1.29 is 0 Å². The quantitative estimate of drug-likeness (QED) is 0.753. The first kappa shape index (κ1) is 11.9. The fraction of sp³-hybridized carbons (Fsp3) is 0.455. The zero-order valence-corrected chi connectivity index (χ0v) is 10.5. The molecule has 0 aliphatic carbocycles.